The lowest BCUT2D eigenvalue weighted by atomic mass is 9.94. The van der Waals surface area contributed by atoms with E-state index >= 15 is 0 Å². The number of nitrogens with zero attached hydrogens (tertiary/aromatic N) is 2. The van der Waals surface area contributed by atoms with Gasteiger partial charge in [0, 0.05) is 17.1 Å². The smallest absolute Gasteiger partial charge is 0.356 e. The number of hydrogen-bond donors (Lipinski definition) is 2. The van der Waals surface area contributed by atoms with E-state index < -0.39 is 5.97 Å². The predicted octanol–water partition coefficient (Wildman–Crippen LogP) is 2.34. The Morgan fingerprint density at radius 2 is 2.25 bits per heavy atom. The van der Waals surface area contributed by atoms with Crippen molar-refractivity contribution in [3.05, 3.63) is 34.3 Å². The molecule has 3 heterocycles. The Hall–Kier alpha value is -1.40. The van der Waals surface area contributed by atoms with Crippen molar-refractivity contribution in [3.8, 4) is 0 Å². The lowest BCUT2D eigenvalue weighted by molar-refractivity contribution is 0.0693. The molecule has 0 radical (unpaired) electrons. The summed E-state index contributed by atoms with van der Waals surface area (Å²) in [7, 11) is 0. The molecule has 5 nitrogen and oxygen atoms in total. The van der Waals surface area contributed by atoms with E-state index in [1.54, 1.807) is 0 Å². The van der Waals surface area contributed by atoms with Crippen LogP contribution in [0.2, 0.25) is 0 Å². The molecule has 2 aromatic heterocycles. The fourth-order valence-corrected chi connectivity index (χ4v) is 3.10. The molecule has 6 heteroatoms. The molecule has 0 unspecified atom stereocenters. The highest BCUT2D eigenvalue weighted by molar-refractivity contribution is 9.10. The van der Waals surface area contributed by atoms with Crippen molar-refractivity contribution in [2.24, 2.45) is 5.92 Å². The molecule has 0 bridgehead atoms. The molecule has 0 saturated carbocycles. The SMILES string of the molecule is O=C(O)c1nc(CC2CCNCC2)n2ccc(Br)cc12. The van der Waals surface area contributed by atoms with Crippen LogP contribution in [0.1, 0.15) is 29.2 Å². The van der Waals surface area contributed by atoms with Crippen molar-refractivity contribution in [3.63, 3.8) is 0 Å². The Bertz CT molecular complexity index is 647. The van der Waals surface area contributed by atoms with E-state index in [0.29, 0.717) is 11.4 Å². The molecule has 0 amide bonds. The monoisotopic (exact) mass is 337 g/mol. The van der Waals surface area contributed by atoms with Crippen LogP contribution in [0.3, 0.4) is 0 Å². The zero-order valence-corrected chi connectivity index (χ0v) is 12.6. The van der Waals surface area contributed by atoms with Gasteiger partial charge < -0.3 is 14.8 Å². The zero-order chi connectivity index (χ0) is 14.1. The highest BCUT2D eigenvalue weighted by Crippen LogP contribution is 2.23. The molecule has 1 aliphatic heterocycles. The maximum atomic E-state index is 11.3. The third-order valence-electron chi connectivity index (χ3n) is 3.81. The first kappa shape index (κ1) is 13.6. The minimum Gasteiger partial charge on any atom is -0.476 e. The molecular formula is C14H16BrN3O2. The van der Waals surface area contributed by atoms with Crippen LogP contribution in [-0.4, -0.2) is 33.6 Å². The topological polar surface area (TPSA) is 66.6 Å². The number of imidazole rings is 1. The summed E-state index contributed by atoms with van der Waals surface area (Å²) in [5.74, 6) is 0.445. The number of halogens is 1. The third-order valence-corrected chi connectivity index (χ3v) is 4.30. The zero-order valence-electron chi connectivity index (χ0n) is 11.0. The predicted molar refractivity (Wildman–Crippen MR) is 79.1 cm³/mol. The average molecular weight is 338 g/mol. The Balaban J connectivity index is 1.99. The van der Waals surface area contributed by atoms with Crippen LogP contribution < -0.4 is 5.32 Å². The van der Waals surface area contributed by atoms with Crippen LogP contribution in [0.5, 0.6) is 0 Å². The highest BCUT2D eigenvalue weighted by atomic mass is 79.9. The summed E-state index contributed by atoms with van der Waals surface area (Å²) in [6, 6.07) is 3.72. The molecule has 3 rings (SSSR count). The number of pyridine rings is 1. The normalized spacial score (nSPS) is 16.6. The van der Waals surface area contributed by atoms with Crippen molar-refractivity contribution >= 4 is 27.4 Å². The summed E-state index contributed by atoms with van der Waals surface area (Å²) in [5, 5.41) is 12.6. The van der Waals surface area contributed by atoms with Gasteiger partial charge in [-0.25, -0.2) is 9.78 Å². The Kier molecular flexibility index (Phi) is 3.76. The molecule has 106 valence electrons. The van der Waals surface area contributed by atoms with Crippen LogP contribution in [0.25, 0.3) is 5.52 Å². The van der Waals surface area contributed by atoms with Gasteiger partial charge in [0.2, 0.25) is 0 Å². The number of aromatic carboxylic acids is 1. The van der Waals surface area contributed by atoms with Gasteiger partial charge in [-0.3, -0.25) is 0 Å². The molecule has 2 aromatic rings. The maximum Gasteiger partial charge on any atom is 0.356 e. The number of hydrogen-bond acceptors (Lipinski definition) is 3. The summed E-state index contributed by atoms with van der Waals surface area (Å²) < 4.78 is 2.76. The van der Waals surface area contributed by atoms with Gasteiger partial charge in [0.1, 0.15) is 5.82 Å². The van der Waals surface area contributed by atoms with E-state index in [-0.39, 0.29) is 5.69 Å². The van der Waals surface area contributed by atoms with Crippen LogP contribution in [-0.2, 0) is 6.42 Å². The van der Waals surface area contributed by atoms with Gasteiger partial charge in [0.25, 0.3) is 0 Å². The Labute approximate surface area is 125 Å². The first-order valence-corrected chi connectivity index (χ1v) is 7.55. The minimum atomic E-state index is -0.975. The number of fused-ring (bicyclic) bond motifs is 1. The Morgan fingerprint density at radius 1 is 1.50 bits per heavy atom. The van der Waals surface area contributed by atoms with E-state index in [1.807, 2.05) is 22.7 Å². The van der Waals surface area contributed by atoms with Crippen LogP contribution in [0.15, 0.2) is 22.8 Å². The van der Waals surface area contributed by atoms with Crippen molar-refractivity contribution in [2.75, 3.05) is 13.1 Å². The maximum absolute atomic E-state index is 11.3. The van der Waals surface area contributed by atoms with Crippen molar-refractivity contribution in [1.82, 2.24) is 14.7 Å². The van der Waals surface area contributed by atoms with Gasteiger partial charge in [-0.05, 0) is 44.0 Å². The van der Waals surface area contributed by atoms with Crippen molar-refractivity contribution in [2.45, 2.75) is 19.3 Å². The minimum absolute atomic E-state index is 0.134. The quantitative estimate of drug-likeness (QED) is 0.902. The number of nitrogens with one attached hydrogen (secondary N) is 1. The molecule has 2 N–H and O–H groups in total. The number of carbonyl (C=O) groups is 1. The van der Waals surface area contributed by atoms with E-state index in [2.05, 4.69) is 26.2 Å². The fourth-order valence-electron chi connectivity index (χ4n) is 2.77. The summed E-state index contributed by atoms with van der Waals surface area (Å²) >= 11 is 3.38. The fraction of sp³-hybridized carbons (Fsp3) is 0.429. The second-order valence-corrected chi connectivity index (χ2v) is 6.10. The van der Waals surface area contributed by atoms with E-state index in [0.717, 1.165) is 42.6 Å². The molecule has 0 spiro atoms. The molecule has 1 fully saturated rings. The second-order valence-electron chi connectivity index (χ2n) is 5.18. The third kappa shape index (κ3) is 2.58. The van der Waals surface area contributed by atoms with E-state index in [1.165, 1.54) is 0 Å². The van der Waals surface area contributed by atoms with E-state index in [4.69, 9.17) is 0 Å². The summed E-state index contributed by atoms with van der Waals surface area (Å²) in [6.07, 6.45) is 4.95. The van der Waals surface area contributed by atoms with Gasteiger partial charge >= 0.3 is 5.97 Å². The highest BCUT2D eigenvalue weighted by Gasteiger charge is 2.20. The first-order chi connectivity index (χ1) is 9.65. The second kappa shape index (κ2) is 5.54. The lowest BCUT2D eigenvalue weighted by Crippen LogP contribution is -2.29. The van der Waals surface area contributed by atoms with Crippen LogP contribution >= 0.6 is 15.9 Å². The van der Waals surface area contributed by atoms with Gasteiger partial charge in [-0.15, -0.1) is 0 Å². The van der Waals surface area contributed by atoms with Crippen molar-refractivity contribution in [1.29, 1.82) is 0 Å². The van der Waals surface area contributed by atoms with Crippen molar-refractivity contribution < 1.29 is 9.90 Å². The van der Waals surface area contributed by atoms with Gasteiger partial charge in [-0.1, -0.05) is 15.9 Å². The summed E-state index contributed by atoms with van der Waals surface area (Å²) in [4.78, 5) is 15.7. The Morgan fingerprint density at radius 3 is 2.95 bits per heavy atom. The molecule has 1 aliphatic rings. The molecule has 0 aromatic carbocycles. The summed E-state index contributed by atoms with van der Waals surface area (Å²) in [5.41, 5.74) is 0.783. The number of carboxylic acids is 1. The standard InChI is InChI=1S/C14H16BrN3O2/c15-10-3-6-18-11(8-10)13(14(19)20)17-12(18)7-9-1-4-16-5-2-9/h3,6,8-9,16H,1-2,4-5,7H2,(H,19,20). The van der Waals surface area contributed by atoms with Gasteiger partial charge in [-0.2, -0.15) is 0 Å². The molecule has 0 atom stereocenters. The molecule has 1 saturated heterocycles. The van der Waals surface area contributed by atoms with Crippen LogP contribution in [0.4, 0.5) is 0 Å². The molecule has 20 heavy (non-hydrogen) atoms. The average Bonchev–Trinajstić information content (AvgIpc) is 2.78. The number of carboxylic acid groups (broad SMARTS) is 1. The summed E-state index contributed by atoms with van der Waals surface area (Å²) in [6.45, 7) is 2.07. The largest absolute Gasteiger partial charge is 0.476 e. The van der Waals surface area contributed by atoms with Crippen LogP contribution in [0, 0.1) is 5.92 Å². The molecule has 0 aliphatic carbocycles. The number of piperidine rings is 1. The van der Waals surface area contributed by atoms with Gasteiger partial charge in [0.15, 0.2) is 5.69 Å². The van der Waals surface area contributed by atoms with Gasteiger partial charge in [0.05, 0.1) is 5.52 Å². The number of aromatic nitrogens is 2. The number of rotatable bonds is 3. The molecular weight excluding hydrogens is 322 g/mol. The first-order valence-electron chi connectivity index (χ1n) is 6.75. The lowest BCUT2D eigenvalue weighted by Gasteiger charge is -2.21. The van der Waals surface area contributed by atoms with E-state index in [9.17, 15) is 9.90 Å².